The molecule has 110 valence electrons. The van der Waals surface area contributed by atoms with E-state index in [4.69, 9.17) is 4.74 Å². The minimum atomic E-state index is 0.229. The smallest absolute Gasteiger partial charge is 0.119 e. The average molecular weight is 299 g/mol. The van der Waals surface area contributed by atoms with Crippen LogP contribution in [0.2, 0.25) is 0 Å². The van der Waals surface area contributed by atoms with Gasteiger partial charge in [-0.3, -0.25) is 0 Å². The lowest BCUT2D eigenvalue weighted by Crippen LogP contribution is -2.09. The highest BCUT2D eigenvalue weighted by Crippen LogP contribution is 2.26. The Morgan fingerprint density at radius 3 is 2.33 bits per heavy atom. The molecule has 2 nitrogen and oxygen atoms in total. The molecule has 3 heteroatoms. The fraction of sp³-hybridized carbons (Fsp3) is 0.222. The lowest BCUT2D eigenvalue weighted by Gasteiger charge is -2.19. The molecule has 0 bridgehead atoms. The molecule has 1 unspecified atom stereocenters. The molecule has 21 heavy (non-hydrogen) atoms. The first-order chi connectivity index (χ1) is 10.3. The van der Waals surface area contributed by atoms with Gasteiger partial charge >= 0.3 is 0 Å². The van der Waals surface area contributed by atoms with Crippen molar-refractivity contribution in [3.8, 4) is 5.75 Å². The number of hydrogen-bond donors (Lipinski definition) is 1. The number of nitrogens with one attached hydrogen (secondary N) is 1. The van der Waals surface area contributed by atoms with Gasteiger partial charge < -0.3 is 10.1 Å². The third-order valence-electron chi connectivity index (χ3n) is 3.35. The van der Waals surface area contributed by atoms with Gasteiger partial charge in [0.2, 0.25) is 0 Å². The standard InChI is InChI=1S/C18H21NOS/c1-4-5-18(14-6-12-17(21-3)13-7-14)19-15-8-10-16(20-2)11-9-15/h4,6-13,18-19H,1,5H2,2-3H3. The Hall–Kier alpha value is -1.87. The van der Waals surface area contributed by atoms with Gasteiger partial charge in [0.1, 0.15) is 5.75 Å². The lowest BCUT2D eigenvalue weighted by atomic mass is 10.0. The molecule has 0 amide bonds. The van der Waals surface area contributed by atoms with Gasteiger partial charge in [-0.25, -0.2) is 0 Å². The Balaban J connectivity index is 2.14. The number of anilines is 1. The topological polar surface area (TPSA) is 21.3 Å². The number of thioether (sulfide) groups is 1. The molecule has 2 aromatic carbocycles. The predicted octanol–water partition coefficient (Wildman–Crippen LogP) is 5.15. The van der Waals surface area contributed by atoms with Gasteiger partial charge in [0.05, 0.1) is 13.2 Å². The van der Waals surface area contributed by atoms with Gasteiger partial charge in [-0.05, 0) is 54.6 Å². The largest absolute Gasteiger partial charge is 0.497 e. The molecule has 0 fully saturated rings. The van der Waals surface area contributed by atoms with Gasteiger partial charge in [-0.15, -0.1) is 18.3 Å². The van der Waals surface area contributed by atoms with E-state index in [0.717, 1.165) is 17.9 Å². The quantitative estimate of drug-likeness (QED) is 0.564. The third kappa shape index (κ3) is 4.30. The van der Waals surface area contributed by atoms with Crippen molar-refractivity contribution in [2.24, 2.45) is 0 Å². The fourth-order valence-corrected chi connectivity index (χ4v) is 2.58. The van der Waals surface area contributed by atoms with E-state index in [1.807, 2.05) is 30.3 Å². The van der Waals surface area contributed by atoms with Crippen LogP contribution in [-0.4, -0.2) is 13.4 Å². The lowest BCUT2D eigenvalue weighted by molar-refractivity contribution is 0.415. The van der Waals surface area contributed by atoms with Crippen molar-refractivity contribution in [3.63, 3.8) is 0 Å². The Bertz CT molecular complexity index is 563. The van der Waals surface area contributed by atoms with E-state index >= 15 is 0 Å². The van der Waals surface area contributed by atoms with Gasteiger partial charge in [-0.2, -0.15) is 0 Å². The summed E-state index contributed by atoms with van der Waals surface area (Å²) >= 11 is 1.76. The number of methoxy groups -OCH3 is 1. The zero-order valence-electron chi connectivity index (χ0n) is 12.5. The summed E-state index contributed by atoms with van der Waals surface area (Å²) in [6.45, 7) is 3.86. The van der Waals surface area contributed by atoms with Gasteiger partial charge in [0, 0.05) is 10.6 Å². The molecular formula is C18H21NOS. The first-order valence-corrected chi connectivity index (χ1v) is 8.14. The zero-order chi connectivity index (χ0) is 15.1. The van der Waals surface area contributed by atoms with E-state index in [9.17, 15) is 0 Å². The highest BCUT2D eigenvalue weighted by atomic mass is 32.2. The van der Waals surface area contributed by atoms with Crippen molar-refractivity contribution in [2.45, 2.75) is 17.4 Å². The van der Waals surface area contributed by atoms with Crippen molar-refractivity contribution in [2.75, 3.05) is 18.7 Å². The molecule has 0 aliphatic heterocycles. The van der Waals surface area contributed by atoms with E-state index in [2.05, 4.69) is 42.4 Å². The fourth-order valence-electron chi connectivity index (χ4n) is 2.17. The summed E-state index contributed by atoms with van der Waals surface area (Å²) in [7, 11) is 1.68. The van der Waals surface area contributed by atoms with E-state index in [1.165, 1.54) is 10.5 Å². The van der Waals surface area contributed by atoms with Crippen molar-refractivity contribution in [1.82, 2.24) is 0 Å². The summed E-state index contributed by atoms with van der Waals surface area (Å²) in [5.41, 5.74) is 2.35. The number of hydrogen-bond acceptors (Lipinski definition) is 3. The Morgan fingerprint density at radius 2 is 1.81 bits per heavy atom. The third-order valence-corrected chi connectivity index (χ3v) is 4.10. The minimum absolute atomic E-state index is 0.229. The predicted molar refractivity (Wildman–Crippen MR) is 92.4 cm³/mol. The van der Waals surface area contributed by atoms with E-state index < -0.39 is 0 Å². The Morgan fingerprint density at radius 1 is 1.14 bits per heavy atom. The van der Waals surface area contributed by atoms with Crippen LogP contribution >= 0.6 is 11.8 Å². The molecule has 1 atom stereocenters. The summed E-state index contributed by atoms with van der Waals surface area (Å²) in [4.78, 5) is 1.28. The molecule has 0 aliphatic rings. The van der Waals surface area contributed by atoms with Crippen LogP contribution < -0.4 is 10.1 Å². The van der Waals surface area contributed by atoms with Crippen LogP contribution in [0.5, 0.6) is 5.75 Å². The van der Waals surface area contributed by atoms with Crippen molar-refractivity contribution in [3.05, 3.63) is 66.7 Å². The summed E-state index contributed by atoms with van der Waals surface area (Å²) in [5.74, 6) is 0.866. The van der Waals surface area contributed by atoms with Gasteiger partial charge in [-0.1, -0.05) is 18.2 Å². The molecule has 0 saturated carbocycles. The number of rotatable bonds is 7. The van der Waals surface area contributed by atoms with Crippen LogP contribution in [0.4, 0.5) is 5.69 Å². The molecular weight excluding hydrogens is 278 g/mol. The van der Waals surface area contributed by atoms with Crippen LogP contribution in [0.3, 0.4) is 0 Å². The average Bonchev–Trinajstić information content (AvgIpc) is 2.55. The molecule has 0 saturated heterocycles. The maximum atomic E-state index is 5.19. The Kier molecular flexibility index (Phi) is 5.76. The second-order valence-electron chi connectivity index (χ2n) is 4.72. The van der Waals surface area contributed by atoms with Crippen LogP contribution in [0.15, 0.2) is 66.1 Å². The Labute approximate surface area is 131 Å². The molecule has 0 radical (unpaired) electrons. The number of ether oxygens (including phenoxy) is 1. The molecule has 0 aliphatic carbocycles. The monoisotopic (exact) mass is 299 g/mol. The minimum Gasteiger partial charge on any atom is -0.497 e. The summed E-state index contributed by atoms with van der Waals surface area (Å²) in [6, 6.07) is 16.9. The van der Waals surface area contributed by atoms with Crippen molar-refractivity contribution in [1.29, 1.82) is 0 Å². The van der Waals surface area contributed by atoms with E-state index in [-0.39, 0.29) is 6.04 Å². The molecule has 1 N–H and O–H groups in total. The maximum Gasteiger partial charge on any atom is 0.119 e. The molecule has 0 heterocycles. The highest BCUT2D eigenvalue weighted by molar-refractivity contribution is 7.98. The maximum absolute atomic E-state index is 5.19. The second-order valence-corrected chi connectivity index (χ2v) is 5.60. The molecule has 0 aromatic heterocycles. The zero-order valence-corrected chi connectivity index (χ0v) is 13.3. The number of benzene rings is 2. The molecule has 2 rings (SSSR count). The van der Waals surface area contributed by atoms with Crippen LogP contribution in [-0.2, 0) is 0 Å². The van der Waals surface area contributed by atoms with E-state index in [0.29, 0.717) is 0 Å². The van der Waals surface area contributed by atoms with Crippen molar-refractivity contribution >= 4 is 17.4 Å². The van der Waals surface area contributed by atoms with Crippen molar-refractivity contribution < 1.29 is 4.74 Å². The summed E-state index contributed by atoms with van der Waals surface area (Å²) in [6.07, 6.45) is 4.92. The van der Waals surface area contributed by atoms with Crippen LogP contribution in [0, 0.1) is 0 Å². The molecule has 0 spiro atoms. The normalized spacial score (nSPS) is 11.7. The first kappa shape index (κ1) is 15.5. The van der Waals surface area contributed by atoms with Crippen LogP contribution in [0.1, 0.15) is 18.0 Å². The van der Waals surface area contributed by atoms with Gasteiger partial charge in [0.15, 0.2) is 0 Å². The summed E-state index contributed by atoms with van der Waals surface area (Å²) < 4.78 is 5.19. The molecule has 2 aromatic rings. The van der Waals surface area contributed by atoms with Crippen LogP contribution in [0.25, 0.3) is 0 Å². The summed E-state index contributed by atoms with van der Waals surface area (Å²) in [5, 5.41) is 3.55. The van der Waals surface area contributed by atoms with E-state index in [1.54, 1.807) is 18.9 Å². The van der Waals surface area contributed by atoms with Gasteiger partial charge in [0.25, 0.3) is 0 Å². The SMILES string of the molecule is C=CCC(Nc1ccc(OC)cc1)c1ccc(SC)cc1. The second kappa shape index (κ2) is 7.79. The first-order valence-electron chi connectivity index (χ1n) is 6.92. The highest BCUT2D eigenvalue weighted by Gasteiger charge is 2.09.